The fraction of sp³-hybridized carbons (Fsp3) is 0.476. The van der Waals surface area contributed by atoms with Crippen LogP contribution in [0.15, 0.2) is 42.2 Å². The number of aromatic amines is 1. The molecule has 0 aliphatic carbocycles. The van der Waals surface area contributed by atoms with E-state index in [0.717, 1.165) is 31.7 Å². The molecule has 5 rings (SSSR count). The van der Waals surface area contributed by atoms with Gasteiger partial charge in [-0.3, -0.25) is 14.8 Å². The topological polar surface area (TPSA) is 65.1 Å². The van der Waals surface area contributed by atoms with Crippen molar-refractivity contribution in [2.75, 3.05) is 26.2 Å². The van der Waals surface area contributed by atoms with Crippen molar-refractivity contribution >= 4 is 5.91 Å². The van der Waals surface area contributed by atoms with Gasteiger partial charge in [0.25, 0.3) is 5.91 Å². The lowest BCUT2D eigenvalue weighted by Crippen LogP contribution is -2.44. The minimum Gasteiger partial charge on any atom is -0.337 e. The summed E-state index contributed by atoms with van der Waals surface area (Å²) in [5.74, 6) is 1.29. The number of carbonyl (C=O) groups excluding carboxylic acids is 1. The maximum atomic E-state index is 13.4. The van der Waals surface area contributed by atoms with Crippen molar-refractivity contribution in [2.45, 2.75) is 32.7 Å². The van der Waals surface area contributed by atoms with Gasteiger partial charge in [0.2, 0.25) is 0 Å². The van der Waals surface area contributed by atoms with Gasteiger partial charge in [0.15, 0.2) is 5.82 Å². The first-order valence-corrected chi connectivity index (χ1v) is 9.73. The van der Waals surface area contributed by atoms with Crippen LogP contribution in [0.5, 0.6) is 0 Å². The number of aromatic nitrogens is 3. The van der Waals surface area contributed by atoms with Crippen LogP contribution in [0.2, 0.25) is 0 Å². The van der Waals surface area contributed by atoms with Crippen molar-refractivity contribution in [3.05, 3.63) is 47.8 Å². The van der Waals surface area contributed by atoms with Gasteiger partial charge in [-0.25, -0.2) is 4.98 Å². The summed E-state index contributed by atoms with van der Waals surface area (Å²) in [5.41, 5.74) is 2.87. The highest BCUT2D eigenvalue weighted by Gasteiger charge is 2.36. The normalized spacial score (nSPS) is 22.5. The Balaban J connectivity index is 1.57. The van der Waals surface area contributed by atoms with Crippen molar-refractivity contribution in [3.8, 4) is 11.4 Å². The van der Waals surface area contributed by atoms with Gasteiger partial charge in [-0.15, -0.1) is 0 Å². The highest BCUT2D eigenvalue weighted by Crippen LogP contribution is 2.30. The number of fused-ring (bicyclic) bond motifs is 4. The monoisotopic (exact) mass is 365 g/mol. The molecule has 3 saturated heterocycles. The molecule has 1 aromatic carbocycles. The lowest BCUT2D eigenvalue weighted by molar-refractivity contribution is 0.0741. The van der Waals surface area contributed by atoms with Crippen LogP contribution < -0.4 is 0 Å². The second kappa shape index (κ2) is 7.64. The fourth-order valence-corrected chi connectivity index (χ4v) is 4.25. The van der Waals surface area contributed by atoms with E-state index in [4.69, 9.17) is 0 Å². The molecule has 0 radical (unpaired) electrons. The van der Waals surface area contributed by atoms with E-state index in [1.807, 2.05) is 24.3 Å². The van der Waals surface area contributed by atoms with Gasteiger partial charge in [-0.2, -0.15) is 5.10 Å². The Kier molecular flexibility index (Phi) is 5.07. The van der Waals surface area contributed by atoms with Crippen molar-refractivity contribution in [3.63, 3.8) is 0 Å². The van der Waals surface area contributed by atoms with Crippen LogP contribution in [-0.4, -0.2) is 63.1 Å². The Morgan fingerprint density at radius 1 is 1.22 bits per heavy atom. The molecule has 0 unspecified atom stereocenters. The predicted molar refractivity (Wildman–Crippen MR) is 105 cm³/mol. The van der Waals surface area contributed by atoms with Crippen molar-refractivity contribution in [1.82, 2.24) is 25.0 Å². The van der Waals surface area contributed by atoms with Gasteiger partial charge in [0.05, 0.1) is 5.56 Å². The number of nitrogens with one attached hydrogen (secondary N) is 1. The smallest absolute Gasteiger partial charge is 0.254 e. The van der Waals surface area contributed by atoms with Gasteiger partial charge < -0.3 is 4.90 Å². The molecule has 2 bridgehead atoms. The molecule has 2 atom stereocenters. The third kappa shape index (κ3) is 3.81. The molecule has 1 aromatic heterocycles. The Hall–Kier alpha value is -2.47. The van der Waals surface area contributed by atoms with Crippen LogP contribution >= 0.6 is 0 Å². The number of piperidine rings is 1. The molecule has 0 saturated carbocycles. The SMILES string of the molecule is CC(C)=CCN1C[C@H]2CC[C@@H]1CN(C(=O)c1ccccc1-c1ncn[nH]1)C2. The van der Waals surface area contributed by atoms with Gasteiger partial charge in [0, 0.05) is 37.8 Å². The molecule has 4 heterocycles. The van der Waals surface area contributed by atoms with Crippen molar-refractivity contribution in [2.24, 2.45) is 5.92 Å². The number of benzene rings is 1. The Bertz CT molecular complexity index is 825. The summed E-state index contributed by atoms with van der Waals surface area (Å²) in [6.07, 6.45) is 6.16. The fourth-order valence-electron chi connectivity index (χ4n) is 4.25. The minimum atomic E-state index is 0.1000. The van der Waals surface area contributed by atoms with Crippen LogP contribution in [0.4, 0.5) is 0 Å². The third-order valence-electron chi connectivity index (χ3n) is 5.68. The molecule has 2 aromatic rings. The van der Waals surface area contributed by atoms with Gasteiger partial charge >= 0.3 is 0 Å². The maximum Gasteiger partial charge on any atom is 0.254 e. The first-order chi connectivity index (χ1) is 13.1. The number of rotatable bonds is 4. The van der Waals surface area contributed by atoms with Gasteiger partial charge in [-0.05, 0) is 38.7 Å². The minimum absolute atomic E-state index is 0.1000. The van der Waals surface area contributed by atoms with Crippen LogP contribution in [0.1, 0.15) is 37.0 Å². The van der Waals surface area contributed by atoms with E-state index in [2.05, 4.69) is 44.9 Å². The molecule has 142 valence electrons. The highest BCUT2D eigenvalue weighted by molar-refractivity contribution is 6.00. The average Bonchev–Trinajstić information content (AvgIpc) is 3.06. The number of H-pyrrole nitrogens is 1. The summed E-state index contributed by atoms with van der Waals surface area (Å²) >= 11 is 0. The molecule has 0 spiro atoms. The molecule has 3 aliphatic rings. The molecule has 6 heteroatoms. The van der Waals surface area contributed by atoms with E-state index in [9.17, 15) is 4.79 Å². The van der Waals surface area contributed by atoms with Crippen LogP contribution in [0.3, 0.4) is 0 Å². The number of amides is 1. The van der Waals surface area contributed by atoms with Crippen molar-refractivity contribution < 1.29 is 4.79 Å². The van der Waals surface area contributed by atoms with E-state index in [1.165, 1.54) is 24.7 Å². The molecule has 6 nitrogen and oxygen atoms in total. The first kappa shape index (κ1) is 17.9. The summed E-state index contributed by atoms with van der Waals surface area (Å²) < 4.78 is 0. The zero-order valence-corrected chi connectivity index (χ0v) is 16.1. The first-order valence-electron chi connectivity index (χ1n) is 9.73. The Morgan fingerprint density at radius 3 is 2.85 bits per heavy atom. The largest absolute Gasteiger partial charge is 0.337 e. The summed E-state index contributed by atoms with van der Waals surface area (Å²) in [7, 11) is 0. The molecule has 27 heavy (non-hydrogen) atoms. The average molecular weight is 365 g/mol. The third-order valence-corrected chi connectivity index (χ3v) is 5.68. The van der Waals surface area contributed by atoms with Gasteiger partial charge in [0.1, 0.15) is 6.33 Å². The maximum absolute atomic E-state index is 13.4. The Labute approximate surface area is 160 Å². The number of hydrogen-bond donors (Lipinski definition) is 1. The van der Waals surface area contributed by atoms with E-state index in [0.29, 0.717) is 23.3 Å². The summed E-state index contributed by atoms with van der Waals surface area (Å²) in [6.45, 7) is 8.00. The van der Waals surface area contributed by atoms with E-state index in [1.54, 1.807) is 0 Å². The lowest BCUT2D eigenvalue weighted by Gasteiger charge is -2.35. The van der Waals surface area contributed by atoms with E-state index >= 15 is 0 Å². The zero-order valence-electron chi connectivity index (χ0n) is 16.1. The summed E-state index contributed by atoms with van der Waals surface area (Å²) in [6, 6.07) is 8.12. The van der Waals surface area contributed by atoms with Crippen molar-refractivity contribution in [1.29, 1.82) is 0 Å². The molecule has 1 amide bonds. The molecule has 3 fully saturated rings. The number of allylic oxidation sites excluding steroid dienone is 1. The molecule has 3 aliphatic heterocycles. The number of carbonyl (C=O) groups is 1. The Morgan fingerprint density at radius 2 is 2.07 bits per heavy atom. The summed E-state index contributed by atoms with van der Waals surface area (Å²) in [4.78, 5) is 22.2. The van der Waals surface area contributed by atoms with Gasteiger partial charge in [-0.1, -0.05) is 29.8 Å². The van der Waals surface area contributed by atoms with E-state index in [-0.39, 0.29) is 5.91 Å². The lowest BCUT2D eigenvalue weighted by atomic mass is 9.95. The van der Waals surface area contributed by atoms with E-state index < -0.39 is 0 Å². The molecular weight excluding hydrogens is 338 g/mol. The second-order valence-electron chi connectivity index (χ2n) is 7.92. The molecular formula is C21H27N5O. The highest BCUT2D eigenvalue weighted by atomic mass is 16.2. The summed E-state index contributed by atoms with van der Waals surface area (Å²) in [5, 5.41) is 6.81. The zero-order chi connectivity index (χ0) is 18.8. The molecule has 1 N–H and O–H groups in total. The second-order valence-corrected chi connectivity index (χ2v) is 7.92. The van der Waals surface area contributed by atoms with Crippen LogP contribution in [0, 0.1) is 5.92 Å². The standard InChI is InChI=1S/C21H27N5O/c1-15(2)9-10-25-11-16-7-8-17(25)13-26(12-16)21(27)19-6-4-3-5-18(19)20-22-14-23-24-20/h3-6,9,14,16-17H,7-8,10-13H2,1-2H3,(H,22,23,24)/t16-,17-/m1/s1. The number of hydrogen-bond acceptors (Lipinski definition) is 4. The number of nitrogens with zero attached hydrogens (tertiary/aromatic N) is 4. The predicted octanol–water partition coefficient (Wildman–Crippen LogP) is 2.97. The van der Waals surface area contributed by atoms with Crippen LogP contribution in [0.25, 0.3) is 11.4 Å². The quantitative estimate of drug-likeness (QED) is 0.846. The van der Waals surface area contributed by atoms with Crippen LogP contribution in [-0.2, 0) is 0 Å².